The molecule has 0 amide bonds. The van der Waals surface area contributed by atoms with Gasteiger partial charge in [0, 0.05) is 51.9 Å². The molecule has 6 nitrogen and oxygen atoms in total. The summed E-state index contributed by atoms with van der Waals surface area (Å²) in [5.41, 5.74) is 1.18. The molecular formula is C18H29N5O. The van der Waals surface area contributed by atoms with E-state index in [0.29, 0.717) is 12.6 Å². The second kappa shape index (κ2) is 8.35. The number of guanidine groups is 1. The second-order valence-electron chi connectivity index (χ2n) is 6.41. The van der Waals surface area contributed by atoms with Crippen molar-refractivity contribution in [3.8, 4) is 5.75 Å². The van der Waals surface area contributed by atoms with Crippen LogP contribution in [0, 0.1) is 0 Å². The van der Waals surface area contributed by atoms with Gasteiger partial charge < -0.3 is 15.4 Å². The fourth-order valence-electron chi connectivity index (χ4n) is 3.38. The molecule has 1 atom stereocenters. The van der Waals surface area contributed by atoms with Gasteiger partial charge >= 0.3 is 0 Å². The summed E-state index contributed by atoms with van der Waals surface area (Å²) in [4.78, 5) is 9.87. The van der Waals surface area contributed by atoms with Crippen molar-refractivity contribution in [2.75, 3.05) is 52.9 Å². The number of hydrogen-bond donors (Lipinski definition) is 2. The number of nitrogens with one attached hydrogen (secondary N) is 2. The zero-order chi connectivity index (χ0) is 16.8. The van der Waals surface area contributed by atoms with Crippen molar-refractivity contribution >= 4 is 5.96 Å². The average molecular weight is 331 g/mol. The van der Waals surface area contributed by atoms with Crippen molar-refractivity contribution in [3.63, 3.8) is 0 Å². The van der Waals surface area contributed by atoms with Crippen LogP contribution in [-0.4, -0.2) is 74.7 Å². The van der Waals surface area contributed by atoms with Crippen LogP contribution in [-0.2, 0) is 6.54 Å². The number of benzene rings is 1. The Balaban J connectivity index is 1.53. The summed E-state index contributed by atoms with van der Waals surface area (Å²) in [6, 6.07) is 8.67. The molecule has 3 fully saturated rings. The van der Waals surface area contributed by atoms with Crippen LogP contribution in [0.2, 0.25) is 0 Å². The van der Waals surface area contributed by atoms with E-state index < -0.39 is 0 Å². The molecule has 3 aliphatic heterocycles. The molecule has 0 radical (unpaired) electrons. The maximum Gasteiger partial charge on any atom is 0.191 e. The van der Waals surface area contributed by atoms with E-state index in [1.165, 1.54) is 38.3 Å². The number of rotatable bonds is 6. The number of piperazine rings is 3. The van der Waals surface area contributed by atoms with Gasteiger partial charge in [-0.1, -0.05) is 12.1 Å². The monoisotopic (exact) mass is 331 g/mol. The van der Waals surface area contributed by atoms with Gasteiger partial charge in [-0.2, -0.15) is 0 Å². The maximum absolute atomic E-state index is 5.19. The SMILES string of the molecule is CCNC(=NCc1ccc(OC)cc1)NCC1CN2CCN1CC2. The molecule has 1 unspecified atom stereocenters. The Morgan fingerprint density at radius 3 is 2.50 bits per heavy atom. The van der Waals surface area contributed by atoms with E-state index in [0.717, 1.165) is 24.8 Å². The fraction of sp³-hybridized carbons (Fsp3) is 0.611. The van der Waals surface area contributed by atoms with E-state index in [-0.39, 0.29) is 0 Å². The van der Waals surface area contributed by atoms with Crippen molar-refractivity contribution < 1.29 is 4.74 Å². The first kappa shape index (κ1) is 17.0. The van der Waals surface area contributed by atoms with E-state index in [2.05, 4.69) is 39.5 Å². The van der Waals surface area contributed by atoms with Gasteiger partial charge in [-0.05, 0) is 24.6 Å². The lowest BCUT2D eigenvalue weighted by atomic mass is 10.1. The molecule has 3 saturated heterocycles. The van der Waals surface area contributed by atoms with E-state index in [1.807, 2.05) is 12.1 Å². The van der Waals surface area contributed by atoms with Crippen LogP contribution in [0.5, 0.6) is 5.75 Å². The topological polar surface area (TPSA) is 52.1 Å². The third-order valence-corrected chi connectivity index (χ3v) is 4.82. The van der Waals surface area contributed by atoms with Gasteiger partial charge in [0.05, 0.1) is 13.7 Å². The predicted octanol–water partition coefficient (Wildman–Crippen LogP) is 0.750. The highest BCUT2D eigenvalue weighted by atomic mass is 16.5. The molecule has 1 aromatic carbocycles. The lowest BCUT2D eigenvalue weighted by Crippen LogP contribution is -2.63. The largest absolute Gasteiger partial charge is 0.497 e. The Morgan fingerprint density at radius 2 is 1.92 bits per heavy atom. The molecule has 2 N–H and O–H groups in total. The Hall–Kier alpha value is -1.79. The summed E-state index contributed by atoms with van der Waals surface area (Å²) in [6.07, 6.45) is 0. The van der Waals surface area contributed by atoms with E-state index >= 15 is 0 Å². The lowest BCUT2D eigenvalue weighted by molar-refractivity contribution is 0.0154. The fourth-order valence-corrected chi connectivity index (χ4v) is 3.38. The predicted molar refractivity (Wildman–Crippen MR) is 97.6 cm³/mol. The van der Waals surface area contributed by atoms with Crippen LogP contribution in [0.15, 0.2) is 29.3 Å². The number of hydrogen-bond acceptors (Lipinski definition) is 4. The summed E-state index contributed by atoms with van der Waals surface area (Å²) >= 11 is 0. The van der Waals surface area contributed by atoms with Crippen molar-refractivity contribution in [1.29, 1.82) is 0 Å². The highest BCUT2D eigenvalue weighted by Crippen LogP contribution is 2.15. The molecule has 24 heavy (non-hydrogen) atoms. The first-order chi connectivity index (χ1) is 11.8. The minimum absolute atomic E-state index is 0.595. The van der Waals surface area contributed by atoms with Crippen LogP contribution < -0.4 is 15.4 Å². The molecule has 3 aliphatic rings. The van der Waals surface area contributed by atoms with Crippen LogP contribution in [0.4, 0.5) is 0 Å². The molecule has 2 bridgehead atoms. The van der Waals surface area contributed by atoms with E-state index in [4.69, 9.17) is 9.73 Å². The van der Waals surface area contributed by atoms with Gasteiger partial charge in [0.1, 0.15) is 5.75 Å². The molecule has 3 heterocycles. The number of aliphatic imine (C=N–C) groups is 1. The summed E-state index contributed by atoms with van der Waals surface area (Å²) in [6.45, 7) is 10.6. The van der Waals surface area contributed by atoms with Crippen molar-refractivity contribution in [1.82, 2.24) is 20.4 Å². The normalized spacial score (nSPS) is 26.2. The van der Waals surface area contributed by atoms with Crippen LogP contribution in [0.1, 0.15) is 12.5 Å². The Labute approximate surface area is 144 Å². The van der Waals surface area contributed by atoms with Crippen molar-refractivity contribution in [2.24, 2.45) is 4.99 Å². The third kappa shape index (κ3) is 4.39. The van der Waals surface area contributed by atoms with Gasteiger partial charge in [0.15, 0.2) is 5.96 Å². The summed E-state index contributed by atoms with van der Waals surface area (Å²) in [5.74, 6) is 1.77. The molecule has 0 spiro atoms. The van der Waals surface area contributed by atoms with Gasteiger partial charge in [-0.15, -0.1) is 0 Å². The van der Waals surface area contributed by atoms with Gasteiger partial charge in [-0.25, -0.2) is 4.99 Å². The molecule has 0 aliphatic carbocycles. The molecule has 0 aromatic heterocycles. The van der Waals surface area contributed by atoms with E-state index in [1.54, 1.807) is 7.11 Å². The van der Waals surface area contributed by atoms with Gasteiger partial charge in [0.25, 0.3) is 0 Å². The van der Waals surface area contributed by atoms with Crippen LogP contribution >= 0.6 is 0 Å². The molecule has 6 heteroatoms. The van der Waals surface area contributed by atoms with Crippen LogP contribution in [0.25, 0.3) is 0 Å². The summed E-state index contributed by atoms with van der Waals surface area (Å²) in [5, 5.41) is 6.86. The van der Waals surface area contributed by atoms with E-state index in [9.17, 15) is 0 Å². The van der Waals surface area contributed by atoms with Gasteiger partial charge in [0.2, 0.25) is 0 Å². The molecule has 4 rings (SSSR count). The highest BCUT2D eigenvalue weighted by molar-refractivity contribution is 5.79. The second-order valence-corrected chi connectivity index (χ2v) is 6.41. The number of nitrogens with zero attached hydrogens (tertiary/aromatic N) is 3. The maximum atomic E-state index is 5.19. The minimum Gasteiger partial charge on any atom is -0.497 e. The third-order valence-electron chi connectivity index (χ3n) is 4.82. The lowest BCUT2D eigenvalue weighted by Gasteiger charge is -2.47. The van der Waals surface area contributed by atoms with Gasteiger partial charge in [-0.3, -0.25) is 9.80 Å². The first-order valence-electron chi connectivity index (χ1n) is 8.90. The number of fused-ring (bicyclic) bond motifs is 3. The highest BCUT2D eigenvalue weighted by Gasteiger charge is 2.31. The Morgan fingerprint density at radius 1 is 1.17 bits per heavy atom. The minimum atomic E-state index is 0.595. The molecular weight excluding hydrogens is 302 g/mol. The molecule has 1 aromatic rings. The molecule has 0 saturated carbocycles. The summed E-state index contributed by atoms with van der Waals surface area (Å²) in [7, 11) is 1.69. The van der Waals surface area contributed by atoms with Crippen molar-refractivity contribution in [3.05, 3.63) is 29.8 Å². The smallest absolute Gasteiger partial charge is 0.191 e. The molecule has 132 valence electrons. The number of ether oxygens (including phenoxy) is 1. The summed E-state index contributed by atoms with van der Waals surface area (Å²) < 4.78 is 5.19. The van der Waals surface area contributed by atoms with Crippen LogP contribution in [0.3, 0.4) is 0 Å². The zero-order valence-electron chi connectivity index (χ0n) is 14.8. The zero-order valence-corrected chi connectivity index (χ0v) is 14.8. The quantitative estimate of drug-likeness (QED) is 0.595. The standard InChI is InChI=1S/C18H29N5O/c1-3-19-18(20-12-15-4-6-17(24-2)7-5-15)21-13-16-14-22-8-10-23(16)11-9-22/h4-7,16H,3,8-14H2,1-2H3,(H2,19,20,21). The Kier molecular flexibility index (Phi) is 5.93. The average Bonchev–Trinajstić information content (AvgIpc) is 2.65. The number of methoxy groups -OCH3 is 1. The van der Waals surface area contributed by atoms with Crippen molar-refractivity contribution in [2.45, 2.75) is 19.5 Å². The first-order valence-corrected chi connectivity index (χ1v) is 8.90. The Bertz CT molecular complexity index is 537.